The van der Waals surface area contributed by atoms with Crippen molar-refractivity contribution in [2.75, 3.05) is 85.7 Å². The summed E-state index contributed by atoms with van der Waals surface area (Å²) in [5, 5.41) is 0. The van der Waals surface area contributed by atoms with E-state index in [-0.39, 0.29) is 25.5 Å². The lowest BCUT2D eigenvalue weighted by molar-refractivity contribution is -0.134. The van der Waals surface area contributed by atoms with Crippen LogP contribution in [0.5, 0.6) is 0 Å². The summed E-state index contributed by atoms with van der Waals surface area (Å²) in [7, 11) is 0. The van der Waals surface area contributed by atoms with E-state index < -0.39 is 0 Å². The molecule has 0 fully saturated rings. The van der Waals surface area contributed by atoms with Gasteiger partial charge in [0, 0.05) is 19.6 Å². The number of amides is 1. The van der Waals surface area contributed by atoms with Crippen molar-refractivity contribution in [3.05, 3.63) is 0 Å². The van der Waals surface area contributed by atoms with Gasteiger partial charge in [0.2, 0.25) is 5.91 Å². The van der Waals surface area contributed by atoms with E-state index in [1.165, 1.54) is 0 Å². The summed E-state index contributed by atoms with van der Waals surface area (Å²) in [6.07, 6.45) is 10.5. The van der Waals surface area contributed by atoms with Crippen LogP contribution >= 0.6 is 0 Å². The second kappa shape index (κ2) is 20.7. The van der Waals surface area contributed by atoms with E-state index in [1.807, 2.05) is 0 Å². The minimum absolute atomic E-state index is 0.0219. The van der Waals surface area contributed by atoms with Crippen LogP contribution in [0.25, 0.3) is 0 Å². The maximum absolute atomic E-state index is 12.3. The Morgan fingerprint density at radius 3 is 1.70 bits per heavy atom. The molecular formula is C19H32N2O6. The predicted molar refractivity (Wildman–Crippen MR) is 102 cm³/mol. The van der Waals surface area contributed by atoms with Crippen molar-refractivity contribution >= 4 is 5.91 Å². The second-order valence-electron chi connectivity index (χ2n) is 5.27. The van der Waals surface area contributed by atoms with Crippen LogP contribution in [0.1, 0.15) is 6.42 Å². The van der Waals surface area contributed by atoms with Gasteiger partial charge in [0.15, 0.2) is 0 Å². The SMILES string of the molecule is C#CCOCCOCCN(CCOCCOCC#C)C(=O)CCOCCN. The average molecular weight is 384 g/mol. The average Bonchev–Trinajstić information content (AvgIpc) is 2.68. The van der Waals surface area contributed by atoms with E-state index in [4.69, 9.17) is 42.3 Å². The van der Waals surface area contributed by atoms with Crippen LogP contribution in [-0.2, 0) is 28.5 Å². The molecule has 0 aromatic rings. The molecule has 8 heteroatoms. The van der Waals surface area contributed by atoms with Crippen molar-refractivity contribution in [3.8, 4) is 24.7 Å². The van der Waals surface area contributed by atoms with E-state index in [1.54, 1.807) is 4.90 Å². The predicted octanol–water partition coefficient (Wildman–Crippen LogP) is -0.487. The Kier molecular flexibility index (Phi) is 19.4. The highest BCUT2D eigenvalue weighted by molar-refractivity contribution is 5.76. The van der Waals surface area contributed by atoms with Gasteiger partial charge in [-0.15, -0.1) is 12.8 Å². The van der Waals surface area contributed by atoms with E-state index in [0.717, 1.165) is 0 Å². The van der Waals surface area contributed by atoms with Gasteiger partial charge in [-0.05, 0) is 0 Å². The molecule has 0 radical (unpaired) electrons. The van der Waals surface area contributed by atoms with Crippen LogP contribution in [0, 0.1) is 24.7 Å². The molecule has 0 saturated carbocycles. The first-order valence-corrected chi connectivity index (χ1v) is 8.99. The first-order valence-electron chi connectivity index (χ1n) is 8.99. The number of rotatable bonds is 19. The van der Waals surface area contributed by atoms with Crippen LogP contribution in [0.2, 0.25) is 0 Å². The van der Waals surface area contributed by atoms with Crippen LogP contribution in [0.15, 0.2) is 0 Å². The fourth-order valence-corrected chi connectivity index (χ4v) is 1.92. The molecule has 0 atom stereocenters. The number of hydrogen-bond donors (Lipinski definition) is 1. The third-order valence-corrected chi connectivity index (χ3v) is 3.20. The van der Waals surface area contributed by atoms with Crippen LogP contribution in [-0.4, -0.2) is 96.5 Å². The summed E-state index contributed by atoms with van der Waals surface area (Å²) < 4.78 is 26.4. The Hall–Kier alpha value is -1.65. The summed E-state index contributed by atoms with van der Waals surface area (Å²) in [6, 6.07) is 0. The molecule has 0 rings (SSSR count). The Bertz CT molecular complexity index is 405. The first-order chi connectivity index (χ1) is 13.3. The molecular weight excluding hydrogens is 352 g/mol. The lowest BCUT2D eigenvalue weighted by Gasteiger charge is -2.23. The summed E-state index contributed by atoms with van der Waals surface area (Å²) >= 11 is 0. The van der Waals surface area contributed by atoms with E-state index >= 15 is 0 Å². The summed E-state index contributed by atoms with van der Waals surface area (Å²) in [4.78, 5) is 14.0. The van der Waals surface area contributed by atoms with Crippen LogP contribution in [0.4, 0.5) is 0 Å². The lowest BCUT2D eigenvalue weighted by atomic mass is 10.3. The lowest BCUT2D eigenvalue weighted by Crippen LogP contribution is -2.37. The second-order valence-corrected chi connectivity index (χ2v) is 5.27. The summed E-state index contributed by atoms with van der Waals surface area (Å²) in [6.45, 7) is 5.16. The Labute approximate surface area is 162 Å². The maximum atomic E-state index is 12.3. The number of terminal acetylenes is 2. The molecule has 0 spiro atoms. The van der Waals surface area contributed by atoms with Crippen molar-refractivity contribution in [1.29, 1.82) is 0 Å². The molecule has 0 aliphatic heterocycles. The summed E-state index contributed by atoms with van der Waals surface area (Å²) in [5.74, 6) is 4.74. The van der Waals surface area contributed by atoms with Gasteiger partial charge in [0.1, 0.15) is 13.2 Å². The topological polar surface area (TPSA) is 92.5 Å². The maximum Gasteiger partial charge on any atom is 0.225 e. The molecule has 0 saturated heterocycles. The molecule has 0 bridgehead atoms. The number of carbonyl (C=O) groups is 1. The smallest absolute Gasteiger partial charge is 0.225 e. The quantitative estimate of drug-likeness (QED) is 0.237. The highest BCUT2D eigenvalue weighted by atomic mass is 16.5. The van der Waals surface area contributed by atoms with Gasteiger partial charge in [-0.2, -0.15) is 0 Å². The van der Waals surface area contributed by atoms with Gasteiger partial charge in [-0.1, -0.05) is 11.8 Å². The first kappa shape index (κ1) is 25.4. The summed E-state index contributed by atoms with van der Waals surface area (Å²) in [5.41, 5.74) is 5.36. The fraction of sp³-hybridized carbons (Fsp3) is 0.737. The molecule has 0 aromatic carbocycles. The zero-order valence-corrected chi connectivity index (χ0v) is 16.0. The van der Waals surface area contributed by atoms with Gasteiger partial charge < -0.3 is 34.3 Å². The molecule has 8 nitrogen and oxygen atoms in total. The van der Waals surface area contributed by atoms with E-state index in [9.17, 15) is 4.79 Å². The normalized spacial score (nSPS) is 10.3. The van der Waals surface area contributed by atoms with Gasteiger partial charge >= 0.3 is 0 Å². The third-order valence-electron chi connectivity index (χ3n) is 3.20. The van der Waals surface area contributed by atoms with Gasteiger partial charge in [-0.3, -0.25) is 4.79 Å². The standard InChI is InChI=1S/C19H32N2O6/c1-3-9-23-15-17-26-13-7-21(19(22)5-11-25-12-6-20)8-14-27-18-16-24-10-4-2/h1-2H,5-18,20H2. The molecule has 0 aromatic heterocycles. The van der Waals surface area contributed by atoms with E-state index in [0.29, 0.717) is 72.5 Å². The molecule has 2 N–H and O–H groups in total. The Balaban J connectivity index is 4.03. The van der Waals surface area contributed by atoms with Crippen LogP contribution in [0.3, 0.4) is 0 Å². The highest BCUT2D eigenvalue weighted by Crippen LogP contribution is 1.97. The molecule has 0 aliphatic rings. The molecule has 27 heavy (non-hydrogen) atoms. The number of nitrogens with two attached hydrogens (primary N) is 1. The van der Waals surface area contributed by atoms with Crippen molar-refractivity contribution in [2.24, 2.45) is 5.73 Å². The fourth-order valence-electron chi connectivity index (χ4n) is 1.92. The molecule has 0 aliphatic carbocycles. The highest BCUT2D eigenvalue weighted by Gasteiger charge is 2.13. The number of nitrogens with zero attached hydrogens (tertiary/aromatic N) is 1. The molecule has 154 valence electrons. The Morgan fingerprint density at radius 1 is 0.741 bits per heavy atom. The van der Waals surface area contributed by atoms with Crippen molar-refractivity contribution < 1.29 is 28.5 Å². The molecule has 0 unspecified atom stereocenters. The van der Waals surface area contributed by atoms with Crippen LogP contribution < -0.4 is 5.73 Å². The van der Waals surface area contributed by atoms with Gasteiger partial charge in [-0.25, -0.2) is 0 Å². The third kappa shape index (κ3) is 17.5. The van der Waals surface area contributed by atoms with Crippen molar-refractivity contribution in [2.45, 2.75) is 6.42 Å². The molecule has 0 heterocycles. The van der Waals surface area contributed by atoms with Crippen molar-refractivity contribution in [1.82, 2.24) is 4.90 Å². The number of hydrogen-bond acceptors (Lipinski definition) is 7. The Morgan fingerprint density at radius 2 is 1.22 bits per heavy atom. The monoisotopic (exact) mass is 384 g/mol. The molecule has 1 amide bonds. The minimum atomic E-state index is -0.0219. The largest absolute Gasteiger partial charge is 0.380 e. The van der Waals surface area contributed by atoms with Gasteiger partial charge in [0.05, 0.1) is 59.3 Å². The minimum Gasteiger partial charge on any atom is -0.380 e. The number of carbonyl (C=O) groups excluding carboxylic acids is 1. The van der Waals surface area contributed by atoms with E-state index in [2.05, 4.69) is 11.8 Å². The number of ether oxygens (including phenoxy) is 5. The van der Waals surface area contributed by atoms with Crippen molar-refractivity contribution in [3.63, 3.8) is 0 Å². The zero-order chi connectivity index (χ0) is 20.0. The zero-order valence-electron chi connectivity index (χ0n) is 16.0. The van der Waals surface area contributed by atoms with Gasteiger partial charge in [0.25, 0.3) is 0 Å².